The number of benzene rings is 1. The standard InChI is InChI=1S/C22H28N4O4/c1-17-7-10-26(21(28)15-17)16-20(27)24-19-5-3-18(4-6-19)22(29)23-8-2-9-25-11-13-30-14-12-25/h3-7,10,15H,2,8-9,11-14,16H2,1H3,(H,23,29)(H,24,27). The maximum Gasteiger partial charge on any atom is 0.251 e. The van der Waals surface area contributed by atoms with Crippen LogP contribution in [0.1, 0.15) is 22.3 Å². The molecular formula is C22H28N4O4. The number of carbonyl (C=O) groups excluding carboxylic acids is 2. The summed E-state index contributed by atoms with van der Waals surface area (Å²) in [5.41, 5.74) is 1.75. The van der Waals surface area contributed by atoms with Crippen molar-refractivity contribution in [2.24, 2.45) is 0 Å². The van der Waals surface area contributed by atoms with Crippen LogP contribution in [-0.2, 0) is 16.1 Å². The fourth-order valence-electron chi connectivity index (χ4n) is 3.23. The van der Waals surface area contributed by atoms with Crippen molar-refractivity contribution in [2.75, 3.05) is 44.7 Å². The lowest BCUT2D eigenvalue weighted by atomic mass is 10.2. The zero-order valence-electron chi connectivity index (χ0n) is 17.2. The summed E-state index contributed by atoms with van der Waals surface area (Å²) in [5.74, 6) is -0.442. The molecule has 160 valence electrons. The Morgan fingerprint density at radius 1 is 1.10 bits per heavy atom. The highest BCUT2D eigenvalue weighted by molar-refractivity contribution is 5.95. The molecule has 0 spiro atoms. The van der Waals surface area contributed by atoms with Gasteiger partial charge >= 0.3 is 0 Å². The molecule has 0 bridgehead atoms. The highest BCUT2D eigenvalue weighted by Gasteiger charge is 2.11. The predicted octanol–water partition coefficient (Wildman–Crippen LogP) is 1.25. The molecule has 1 saturated heterocycles. The van der Waals surface area contributed by atoms with Crippen LogP contribution in [0.3, 0.4) is 0 Å². The van der Waals surface area contributed by atoms with Crippen LogP contribution in [0.15, 0.2) is 47.4 Å². The Hall–Kier alpha value is -2.97. The quantitative estimate of drug-likeness (QED) is 0.637. The molecule has 0 radical (unpaired) electrons. The first kappa shape index (κ1) is 21.7. The summed E-state index contributed by atoms with van der Waals surface area (Å²) >= 11 is 0. The van der Waals surface area contributed by atoms with Gasteiger partial charge in [-0.2, -0.15) is 0 Å². The number of hydrogen-bond acceptors (Lipinski definition) is 5. The second-order valence-electron chi connectivity index (χ2n) is 7.36. The molecule has 2 heterocycles. The molecule has 1 aromatic carbocycles. The van der Waals surface area contributed by atoms with Gasteiger partial charge in [-0.3, -0.25) is 19.3 Å². The molecule has 3 rings (SSSR count). The molecule has 0 unspecified atom stereocenters. The molecule has 2 aromatic rings. The number of rotatable bonds is 8. The van der Waals surface area contributed by atoms with E-state index in [2.05, 4.69) is 15.5 Å². The Bertz CT molecular complexity index is 917. The van der Waals surface area contributed by atoms with Gasteiger partial charge in [0, 0.05) is 43.1 Å². The van der Waals surface area contributed by atoms with Gasteiger partial charge in [0.05, 0.1) is 13.2 Å². The average molecular weight is 412 g/mol. The van der Waals surface area contributed by atoms with Gasteiger partial charge in [-0.05, 0) is 55.8 Å². The summed E-state index contributed by atoms with van der Waals surface area (Å²) in [6.07, 6.45) is 2.49. The molecule has 1 fully saturated rings. The van der Waals surface area contributed by atoms with E-state index >= 15 is 0 Å². The van der Waals surface area contributed by atoms with Crippen LogP contribution in [0.4, 0.5) is 5.69 Å². The topological polar surface area (TPSA) is 92.7 Å². The fourth-order valence-corrected chi connectivity index (χ4v) is 3.23. The van der Waals surface area contributed by atoms with E-state index in [9.17, 15) is 14.4 Å². The van der Waals surface area contributed by atoms with Gasteiger partial charge in [0.15, 0.2) is 0 Å². The lowest BCUT2D eigenvalue weighted by Gasteiger charge is -2.26. The van der Waals surface area contributed by atoms with Crippen LogP contribution < -0.4 is 16.2 Å². The molecule has 2 amide bonds. The second-order valence-corrected chi connectivity index (χ2v) is 7.36. The van der Waals surface area contributed by atoms with Gasteiger partial charge in [-0.1, -0.05) is 0 Å². The largest absolute Gasteiger partial charge is 0.379 e. The van der Waals surface area contributed by atoms with Crippen LogP contribution in [0.25, 0.3) is 0 Å². The predicted molar refractivity (Wildman–Crippen MR) is 115 cm³/mol. The van der Waals surface area contributed by atoms with E-state index in [1.165, 1.54) is 10.6 Å². The molecule has 8 nitrogen and oxygen atoms in total. The Balaban J connectivity index is 1.42. The van der Waals surface area contributed by atoms with Crippen molar-refractivity contribution in [3.8, 4) is 0 Å². The number of morpholine rings is 1. The van der Waals surface area contributed by atoms with Crippen molar-refractivity contribution < 1.29 is 14.3 Å². The van der Waals surface area contributed by atoms with Crippen LogP contribution in [0.2, 0.25) is 0 Å². The minimum atomic E-state index is -0.304. The average Bonchev–Trinajstić information content (AvgIpc) is 2.74. The molecule has 8 heteroatoms. The highest BCUT2D eigenvalue weighted by atomic mass is 16.5. The third-order valence-corrected chi connectivity index (χ3v) is 4.94. The van der Waals surface area contributed by atoms with Crippen molar-refractivity contribution in [3.05, 3.63) is 64.1 Å². The molecule has 0 atom stereocenters. The molecule has 0 saturated carbocycles. The van der Waals surface area contributed by atoms with Crippen LogP contribution in [-0.4, -0.2) is 60.7 Å². The number of aromatic nitrogens is 1. The summed E-state index contributed by atoms with van der Waals surface area (Å²) in [6, 6.07) is 9.97. The summed E-state index contributed by atoms with van der Waals surface area (Å²) in [7, 11) is 0. The number of ether oxygens (including phenoxy) is 1. The minimum Gasteiger partial charge on any atom is -0.379 e. The lowest BCUT2D eigenvalue weighted by molar-refractivity contribution is -0.116. The van der Waals surface area contributed by atoms with Crippen molar-refractivity contribution in [2.45, 2.75) is 19.9 Å². The molecule has 1 aliphatic heterocycles. The number of anilines is 1. The van der Waals surface area contributed by atoms with Gasteiger partial charge in [0.2, 0.25) is 5.91 Å². The SMILES string of the molecule is Cc1ccn(CC(=O)Nc2ccc(C(=O)NCCCN3CCOCC3)cc2)c(=O)c1. The number of aryl methyl sites for hydroxylation is 1. The Morgan fingerprint density at radius 3 is 2.53 bits per heavy atom. The molecular weight excluding hydrogens is 384 g/mol. The second kappa shape index (κ2) is 10.7. The van der Waals surface area contributed by atoms with Gasteiger partial charge in [0.1, 0.15) is 6.54 Å². The van der Waals surface area contributed by atoms with E-state index < -0.39 is 0 Å². The molecule has 1 aliphatic rings. The monoisotopic (exact) mass is 412 g/mol. The summed E-state index contributed by atoms with van der Waals surface area (Å²) in [5, 5.41) is 5.66. The number of pyridine rings is 1. The van der Waals surface area contributed by atoms with Gasteiger partial charge in [0.25, 0.3) is 11.5 Å². The number of hydrogen-bond donors (Lipinski definition) is 2. The Labute approximate surface area is 175 Å². The Morgan fingerprint density at radius 2 is 1.83 bits per heavy atom. The minimum absolute atomic E-state index is 0.0650. The molecule has 1 aromatic heterocycles. The van der Waals surface area contributed by atoms with Crippen LogP contribution in [0.5, 0.6) is 0 Å². The third-order valence-electron chi connectivity index (χ3n) is 4.94. The number of carbonyl (C=O) groups is 2. The van der Waals surface area contributed by atoms with Gasteiger partial charge in [-0.25, -0.2) is 0 Å². The first-order valence-corrected chi connectivity index (χ1v) is 10.2. The summed E-state index contributed by atoms with van der Waals surface area (Å²) in [6.45, 7) is 6.75. The van der Waals surface area contributed by atoms with E-state index in [-0.39, 0.29) is 23.9 Å². The number of nitrogens with zero attached hydrogens (tertiary/aromatic N) is 2. The van der Waals surface area contributed by atoms with E-state index in [1.54, 1.807) is 36.5 Å². The summed E-state index contributed by atoms with van der Waals surface area (Å²) < 4.78 is 6.67. The smallest absolute Gasteiger partial charge is 0.251 e. The maximum absolute atomic E-state index is 12.3. The van der Waals surface area contributed by atoms with Crippen molar-refractivity contribution in [1.82, 2.24) is 14.8 Å². The normalized spacial score (nSPS) is 14.3. The van der Waals surface area contributed by atoms with Gasteiger partial charge < -0.3 is 19.9 Å². The first-order chi connectivity index (χ1) is 14.5. The third kappa shape index (κ3) is 6.53. The van der Waals surface area contributed by atoms with Crippen LogP contribution in [0, 0.1) is 6.92 Å². The lowest BCUT2D eigenvalue weighted by Crippen LogP contribution is -2.38. The van der Waals surface area contributed by atoms with Crippen molar-refractivity contribution in [1.29, 1.82) is 0 Å². The summed E-state index contributed by atoms with van der Waals surface area (Å²) in [4.78, 5) is 38.7. The number of nitrogens with one attached hydrogen (secondary N) is 2. The van der Waals surface area contributed by atoms with Gasteiger partial charge in [-0.15, -0.1) is 0 Å². The zero-order chi connectivity index (χ0) is 21.3. The molecule has 30 heavy (non-hydrogen) atoms. The van der Waals surface area contributed by atoms with Crippen molar-refractivity contribution >= 4 is 17.5 Å². The fraction of sp³-hybridized carbons (Fsp3) is 0.409. The number of amides is 2. The first-order valence-electron chi connectivity index (χ1n) is 10.2. The zero-order valence-corrected chi connectivity index (χ0v) is 17.2. The molecule has 0 aliphatic carbocycles. The van der Waals surface area contributed by atoms with Crippen molar-refractivity contribution in [3.63, 3.8) is 0 Å². The van der Waals surface area contributed by atoms with E-state index in [1.807, 2.05) is 6.92 Å². The van der Waals surface area contributed by atoms with Crippen LogP contribution >= 0.6 is 0 Å². The van der Waals surface area contributed by atoms with E-state index in [0.29, 0.717) is 17.8 Å². The Kier molecular flexibility index (Phi) is 7.75. The maximum atomic E-state index is 12.3. The molecule has 2 N–H and O–H groups in total. The highest BCUT2D eigenvalue weighted by Crippen LogP contribution is 2.10. The van der Waals surface area contributed by atoms with E-state index in [0.717, 1.165) is 44.8 Å². The van der Waals surface area contributed by atoms with E-state index in [4.69, 9.17) is 4.74 Å².